The molecule has 0 N–H and O–H groups in total. The largest absolute Gasteiger partial charge is 0.494 e. The Morgan fingerprint density at radius 2 is 1.30 bits per heavy atom. The van der Waals surface area contributed by atoms with Crippen molar-refractivity contribution in [3.05, 3.63) is 65.7 Å². The molecule has 0 fully saturated rings. The average Bonchev–Trinajstić information content (AvgIpc) is 2.78. The van der Waals surface area contributed by atoms with E-state index in [9.17, 15) is 4.79 Å². The second-order valence-electron chi connectivity index (χ2n) is 7.55. The van der Waals surface area contributed by atoms with Crippen LogP contribution in [0.1, 0.15) is 81.1 Å². The molecule has 0 aromatic heterocycles. The Balaban J connectivity index is 1.68. The maximum absolute atomic E-state index is 12.4. The van der Waals surface area contributed by atoms with Gasteiger partial charge >= 0.3 is 0 Å². The molecule has 0 saturated carbocycles. The summed E-state index contributed by atoms with van der Waals surface area (Å²) in [4.78, 5) is 12.4. The number of hydrogen-bond acceptors (Lipinski definition) is 3. The van der Waals surface area contributed by atoms with Crippen LogP contribution in [0.15, 0.2) is 54.6 Å². The average molecular weight is 409 g/mol. The third-order valence-electron chi connectivity index (χ3n) is 5.02. The maximum atomic E-state index is 12.4. The van der Waals surface area contributed by atoms with Gasteiger partial charge in [-0.2, -0.15) is 0 Å². The first kappa shape index (κ1) is 23.7. The molecule has 0 amide bonds. The first-order chi connectivity index (χ1) is 14.7. The number of rotatable bonds is 15. The lowest BCUT2D eigenvalue weighted by atomic mass is 10.1. The first-order valence-electron chi connectivity index (χ1n) is 11.4. The number of allylic oxidation sites excluding steroid dienone is 1. The molecule has 2 aromatic rings. The molecule has 3 heteroatoms. The molecule has 3 nitrogen and oxygen atoms in total. The summed E-state index contributed by atoms with van der Waals surface area (Å²) in [5.74, 6) is 1.65. The summed E-state index contributed by atoms with van der Waals surface area (Å²) in [5, 5.41) is 0. The van der Waals surface area contributed by atoms with Crippen LogP contribution in [0, 0.1) is 0 Å². The predicted octanol–water partition coefficient (Wildman–Crippen LogP) is 7.50. The Bertz CT molecular complexity index is 745. The Hall–Kier alpha value is -2.55. The van der Waals surface area contributed by atoms with E-state index in [4.69, 9.17) is 9.47 Å². The highest BCUT2D eigenvalue weighted by Crippen LogP contribution is 2.16. The lowest BCUT2D eigenvalue weighted by Crippen LogP contribution is -1.99. The van der Waals surface area contributed by atoms with E-state index in [1.807, 2.05) is 61.5 Å². The van der Waals surface area contributed by atoms with Crippen molar-refractivity contribution in [1.29, 1.82) is 0 Å². The van der Waals surface area contributed by atoms with E-state index in [0.29, 0.717) is 12.2 Å². The lowest BCUT2D eigenvalue weighted by Gasteiger charge is -2.07. The van der Waals surface area contributed by atoms with Gasteiger partial charge in [-0.1, -0.05) is 70.1 Å². The van der Waals surface area contributed by atoms with Gasteiger partial charge in [0, 0.05) is 5.56 Å². The van der Waals surface area contributed by atoms with Gasteiger partial charge in [-0.25, -0.2) is 0 Å². The van der Waals surface area contributed by atoms with Gasteiger partial charge in [-0.15, -0.1) is 0 Å². The normalized spacial score (nSPS) is 11.0. The molecule has 0 aliphatic heterocycles. The van der Waals surface area contributed by atoms with Crippen molar-refractivity contribution < 1.29 is 14.3 Å². The van der Waals surface area contributed by atoms with E-state index < -0.39 is 0 Å². The van der Waals surface area contributed by atoms with Crippen molar-refractivity contribution in [2.24, 2.45) is 0 Å². The summed E-state index contributed by atoms with van der Waals surface area (Å²) in [6, 6.07) is 15.1. The van der Waals surface area contributed by atoms with Gasteiger partial charge in [0.2, 0.25) is 0 Å². The fourth-order valence-electron chi connectivity index (χ4n) is 3.25. The molecule has 0 aliphatic rings. The molecule has 2 rings (SSSR count). The first-order valence-corrected chi connectivity index (χ1v) is 11.4. The number of hydrogen-bond donors (Lipinski definition) is 0. The Kier molecular flexibility index (Phi) is 11.4. The number of carbonyl (C=O) groups is 1. The van der Waals surface area contributed by atoms with Gasteiger partial charge in [0.15, 0.2) is 5.78 Å². The summed E-state index contributed by atoms with van der Waals surface area (Å²) in [6.07, 6.45) is 13.7. The molecule has 162 valence electrons. The van der Waals surface area contributed by atoms with Crippen molar-refractivity contribution in [2.75, 3.05) is 13.2 Å². The van der Waals surface area contributed by atoms with Crippen LogP contribution in [0.5, 0.6) is 11.5 Å². The molecule has 0 radical (unpaired) electrons. The molecule has 0 unspecified atom stereocenters. The van der Waals surface area contributed by atoms with E-state index in [-0.39, 0.29) is 5.78 Å². The summed E-state index contributed by atoms with van der Waals surface area (Å²) in [7, 11) is 0. The highest BCUT2D eigenvalue weighted by Gasteiger charge is 2.03. The smallest absolute Gasteiger partial charge is 0.185 e. The van der Waals surface area contributed by atoms with E-state index >= 15 is 0 Å². The topological polar surface area (TPSA) is 35.5 Å². The minimum Gasteiger partial charge on any atom is -0.494 e. The zero-order valence-electron chi connectivity index (χ0n) is 18.6. The Morgan fingerprint density at radius 1 is 0.733 bits per heavy atom. The van der Waals surface area contributed by atoms with Crippen molar-refractivity contribution >= 4 is 11.9 Å². The van der Waals surface area contributed by atoms with Gasteiger partial charge in [-0.3, -0.25) is 4.79 Å². The molecule has 0 atom stereocenters. The number of carbonyl (C=O) groups excluding carboxylic acids is 1. The van der Waals surface area contributed by atoms with E-state index in [2.05, 4.69) is 6.92 Å². The molecular weight excluding hydrogens is 372 g/mol. The van der Waals surface area contributed by atoms with Crippen LogP contribution in [0.4, 0.5) is 0 Å². The molecule has 30 heavy (non-hydrogen) atoms. The fourth-order valence-corrected chi connectivity index (χ4v) is 3.25. The number of ketones is 1. The van der Waals surface area contributed by atoms with Crippen LogP contribution in [-0.2, 0) is 0 Å². The Morgan fingerprint density at radius 3 is 1.93 bits per heavy atom. The van der Waals surface area contributed by atoms with Gasteiger partial charge in [0.1, 0.15) is 11.5 Å². The second-order valence-corrected chi connectivity index (χ2v) is 7.55. The predicted molar refractivity (Wildman–Crippen MR) is 126 cm³/mol. The van der Waals surface area contributed by atoms with Gasteiger partial charge in [0.05, 0.1) is 13.2 Å². The SMILES string of the molecule is CCCCCCCCCCOc1ccc(C(=O)/C=C/c2ccc(OCC)cc2)cc1. The molecule has 0 spiro atoms. The van der Waals surface area contributed by atoms with Gasteiger partial charge < -0.3 is 9.47 Å². The van der Waals surface area contributed by atoms with E-state index in [0.717, 1.165) is 30.1 Å². The highest BCUT2D eigenvalue weighted by atomic mass is 16.5. The van der Waals surface area contributed by atoms with Crippen LogP contribution in [0.25, 0.3) is 6.08 Å². The summed E-state index contributed by atoms with van der Waals surface area (Å²) in [5.41, 5.74) is 1.63. The monoisotopic (exact) mass is 408 g/mol. The quantitative estimate of drug-likeness (QED) is 0.174. The molecule has 0 saturated heterocycles. The zero-order chi connectivity index (χ0) is 21.4. The zero-order valence-corrected chi connectivity index (χ0v) is 18.6. The number of benzene rings is 2. The van der Waals surface area contributed by atoms with E-state index in [1.54, 1.807) is 6.08 Å². The molecule has 0 bridgehead atoms. The Labute approximate surface area is 182 Å². The molecule has 2 aromatic carbocycles. The molecular formula is C27H36O3. The van der Waals surface area contributed by atoms with Crippen molar-refractivity contribution in [3.8, 4) is 11.5 Å². The summed E-state index contributed by atoms with van der Waals surface area (Å²) < 4.78 is 11.2. The molecule has 0 aliphatic carbocycles. The van der Waals surface area contributed by atoms with Gasteiger partial charge in [0.25, 0.3) is 0 Å². The summed E-state index contributed by atoms with van der Waals surface area (Å²) in [6.45, 7) is 5.59. The van der Waals surface area contributed by atoms with Crippen LogP contribution >= 0.6 is 0 Å². The fraction of sp³-hybridized carbons (Fsp3) is 0.444. The molecule has 0 heterocycles. The number of unbranched alkanes of at least 4 members (excludes halogenated alkanes) is 7. The minimum atomic E-state index is -0.0153. The van der Waals surface area contributed by atoms with Gasteiger partial charge in [-0.05, 0) is 61.4 Å². The summed E-state index contributed by atoms with van der Waals surface area (Å²) >= 11 is 0. The van der Waals surface area contributed by atoms with Crippen molar-refractivity contribution in [1.82, 2.24) is 0 Å². The lowest BCUT2D eigenvalue weighted by molar-refractivity contribution is 0.104. The van der Waals surface area contributed by atoms with Crippen molar-refractivity contribution in [3.63, 3.8) is 0 Å². The maximum Gasteiger partial charge on any atom is 0.185 e. The van der Waals surface area contributed by atoms with Crippen LogP contribution < -0.4 is 9.47 Å². The van der Waals surface area contributed by atoms with Crippen LogP contribution in [0.2, 0.25) is 0 Å². The minimum absolute atomic E-state index is 0.0153. The third-order valence-corrected chi connectivity index (χ3v) is 5.02. The number of ether oxygens (including phenoxy) is 2. The van der Waals surface area contributed by atoms with Crippen LogP contribution in [-0.4, -0.2) is 19.0 Å². The standard InChI is InChI=1S/C27H36O3/c1-3-5-6-7-8-9-10-11-22-30-26-19-15-24(16-20-26)27(28)21-14-23-12-17-25(18-13-23)29-4-2/h12-21H,3-11,22H2,1-2H3/b21-14+. The highest BCUT2D eigenvalue weighted by molar-refractivity contribution is 6.06. The van der Waals surface area contributed by atoms with Crippen molar-refractivity contribution in [2.45, 2.75) is 65.2 Å². The van der Waals surface area contributed by atoms with E-state index in [1.165, 1.54) is 44.9 Å². The third kappa shape index (κ3) is 9.30. The second kappa shape index (κ2) is 14.4. The van der Waals surface area contributed by atoms with Crippen LogP contribution in [0.3, 0.4) is 0 Å².